The molecule has 1 fully saturated rings. The summed E-state index contributed by atoms with van der Waals surface area (Å²) in [6.45, 7) is 0. The quantitative estimate of drug-likeness (QED) is 0.653. The maximum absolute atomic E-state index is 11.7. The van der Waals surface area contributed by atoms with Crippen LogP contribution in [0.3, 0.4) is 0 Å². The normalized spacial score (nSPS) is 19.3. The Hall–Kier alpha value is -0.960. The van der Waals surface area contributed by atoms with Crippen LogP contribution < -0.4 is 5.32 Å². The van der Waals surface area contributed by atoms with Crippen LogP contribution in [0.1, 0.15) is 42.7 Å². The van der Waals surface area contributed by atoms with Crippen molar-refractivity contribution in [1.82, 2.24) is 5.32 Å². The van der Waals surface area contributed by atoms with Gasteiger partial charge < -0.3 is 9.73 Å². The first-order valence-corrected chi connectivity index (χ1v) is 6.19. The lowest BCUT2D eigenvalue weighted by Gasteiger charge is -2.26. The second-order valence-electron chi connectivity index (χ2n) is 4.25. The molecule has 2 rings (SSSR count). The number of hydrogen-bond acceptors (Lipinski definition) is 2. The van der Waals surface area contributed by atoms with E-state index >= 15 is 0 Å². The van der Waals surface area contributed by atoms with E-state index in [2.05, 4.69) is 5.32 Å². The molecular weight excluding hydrogens is 226 g/mol. The summed E-state index contributed by atoms with van der Waals surface area (Å²) in [5.74, 6) is 0.492. The number of carbonyl (C=O) groups is 1. The zero-order chi connectivity index (χ0) is 11.4. The van der Waals surface area contributed by atoms with Crippen LogP contribution in [0.15, 0.2) is 22.8 Å². The van der Waals surface area contributed by atoms with E-state index in [1.54, 1.807) is 12.1 Å². The summed E-state index contributed by atoms with van der Waals surface area (Å²) < 4.78 is 5.01. The minimum atomic E-state index is -0.280. The van der Waals surface area contributed by atoms with E-state index in [9.17, 15) is 4.79 Å². The first-order valence-electron chi connectivity index (χ1n) is 5.76. The van der Waals surface area contributed by atoms with Crippen molar-refractivity contribution in [3.05, 3.63) is 24.2 Å². The number of carbonyl (C=O) groups excluding carboxylic acids is 1. The summed E-state index contributed by atoms with van der Waals surface area (Å²) in [6, 6.07) is 3.33. The van der Waals surface area contributed by atoms with Gasteiger partial charge in [-0.15, -0.1) is 0 Å². The summed E-state index contributed by atoms with van der Waals surface area (Å²) in [7, 11) is 0. The van der Waals surface area contributed by atoms with Crippen molar-refractivity contribution in [3.8, 4) is 0 Å². The predicted molar refractivity (Wildman–Crippen MR) is 62.4 cm³/mol. The van der Waals surface area contributed by atoms with E-state index in [0.717, 1.165) is 12.8 Å². The molecule has 0 spiro atoms. The van der Waals surface area contributed by atoms with Crippen molar-refractivity contribution in [2.24, 2.45) is 5.92 Å². The van der Waals surface area contributed by atoms with Crippen LogP contribution in [0.25, 0.3) is 0 Å². The van der Waals surface area contributed by atoms with Crippen LogP contribution in [0.4, 0.5) is 0 Å². The summed E-state index contributed by atoms with van der Waals surface area (Å²) in [5.41, 5.74) is -0.280. The Morgan fingerprint density at radius 3 is 2.81 bits per heavy atom. The predicted octanol–water partition coefficient (Wildman–Crippen LogP) is 3.15. The molecular formula is C12H16ClNO2. The van der Waals surface area contributed by atoms with Crippen LogP contribution in [0.5, 0.6) is 0 Å². The van der Waals surface area contributed by atoms with Crippen LogP contribution in [-0.4, -0.2) is 11.4 Å². The molecule has 1 atom stereocenters. The fourth-order valence-corrected chi connectivity index (χ4v) is 2.50. The molecule has 1 N–H and O–H groups in total. The monoisotopic (exact) mass is 241 g/mol. The average molecular weight is 242 g/mol. The van der Waals surface area contributed by atoms with E-state index in [0.29, 0.717) is 11.7 Å². The second kappa shape index (κ2) is 5.39. The minimum absolute atomic E-state index is 0.226. The molecule has 0 aromatic carbocycles. The fraction of sp³-hybridized carbons (Fsp3) is 0.583. The third kappa shape index (κ3) is 2.79. The third-order valence-electron chi connectivity index (χ3n) is 3.08. The first-order chi connectivity index (χ1) is 7.77. The van der Waals surface area contributed by atoms with Crippen LogP contribution in [0.2, 0.25) is 0 Å². The molecule has 1 aliphatic rings. The molecule has 1 saturated carbocycles. The van der Waals surface area contributed by atoms with Crippen molar-refractivity contribution in [2.75, 3.05) is 0 Å². The topological polar surface area (TPSA) is 42.2 Å². The number of hydrogen-bond donors (Lipinski definition) is 1. The van der Waals surface area contributed by atoms with Crippen LogP contribution in [0, 0.1) is 5.92 Å². The van der Waals surface area contributed by atoms with Crippen molar-refractivity contribution < 1.29 is 9.21 Å². The van der Waals surface area contributed by atoms with E-state index in [4.69, 9.17) is 16.0 Å². The van der Waals surface area contributed by atoms with E-state index in [-0.39, 0.29) is 11.4 Å². The van der Waals surface area contributed by atoms with Gasteiger partial charge >= 0.3 is 0 Å². The number of halogens is 1. The lowest BCUT2D eigenvalue weighted by Crippen LogP contribution is -2.36. The Bertz CT molecular complexity index is 331. The molecule has 0 saturated heterocycles. The maximum Gasteiger partial charge on any atom is 0.288 e. The van der Waals surface area contributed by atoms with Gasteiger partial charge in [0.2, 0.25) is 0 Å². The van der Waals surface area contributed by atoms with Gasteiger partial charge in [0.1, 0.15) is 5.50 Å². The van der Waals surface area contributed by atoms with Crippen LogP contribution in [-0.2, 0) is 0 Å². The van der Waals surface area contributed by atoms with Crippen LogP contribution >= 0.6 is 11.6 Å². The highest BCUT2D eigenvalue weighted by molar-refractivity contribution is 6.21. The van der Waals surface area contributed by atoms with Gasteiger partial charge in [0.25, 0.3) is 5.91 Å². The molecule has 1 heterocycles. The molecule has 0 aliphatic heterocycles. The standard InChI is InChI=1S/C12H16ClNO2/c13-11(9-5-2-1-3-6-9)14-12(15)10-7-4-8-16-10/h4,7-9,11H,1-3,5-6H2,(H,14,15). The van der Waals surface area contributed by atoms with Gasteiger partial charge in [-0.25, -0.2) is 0 Å². The molecule has 1 aromatic rings. The van der Waals surface area contributed by atoms with E-state index in [1.165, 1.54) is 25.5 Å². The zero-order valence-electron chi connectivity index (χ0n) is 9.12. The summed E-state index contributed by atoms with van der Waals surface area (Å²) in [5, 5.41) is 2.78. The summed E-state index contributed by atoms with van der Waals surface area (Å²) in [6.07, 6.45) is 7.40. The molecule has 1 unspecified atom stereocenters. The van der Waals surface area contributed by atoms with Gasteiger partial charge in [0.05, 0.1) is 6.26 Å². The number of nitrogens with one attached hydrogen (secondary N) is 1. The third-order valence-corrected chi connectivity index (χ3v) is 3.54. The molecule has 0 radical (unpaired) electrons. The molecule has 16 heavy (non-hydrogen) atoms. The maximum atomic E-state index is 11.7. The average Bonchev–Trinajstić information content (AvgIpc) is 2.83. The smallest absolute Gasteiger partial charge is 0.288 e. The Kier molecular flexibility index (Phi) is 3.88. The van der Waals surface area contributed by atoms with Crippen molar-refractivity contribution in [2.45, 2.75) is 37.6 Å². The highest BCUT2D eigenvalue weighted by Crippen LogP contribution is 2.28. The highest BCUT2D eigenvalue weighted by atomic mass is 35.5. The summed E-state index contributed by atoms with van der Waals surface area (Å²) >= 11 is 6.20. The lowest BCUT2D eigenvalue weighted by atomic mass is 9.89. The van der Waals surface area contributed by atoms with Gasteiger partial charge in [-0.05, 0) is 30.9 Å². The largest absolute Gasteiger partial charge is 0.459 e. The van der Waals surface area contributed by atoms with Crippen molar-refractivity contribution in [1.29, 1.82) is 0 Å². The van der Waals surface area contributed by atoms with Crippen molar-refractivity contribution >= 4 is 17.5 Å². The Balaban J connectivity index is 1.86. The molecule has 88 valence electrons. The van der Waals surface area contributed by atoms with E-state index in [1.807, 2.05) is 0 Å². The second-order valence-corrected chi connectivity index (χ2v) is 4.72. The fourth-order valence-electron chi connectivity index (χ4n) is 2.15. The number of rotatable bonds is 3. The number of alkyl halides is 1. The molecule has 1 amide bonds. The van der Waals surface area contributed by atoms with E-state index < -0.39 is 0 Å². The van der Waals surface area contributed by atoms with Gasteiger partial charge in [-0.1, -0.05) is 30.9 Å². The zero-order valence-corrected chi connectivity index (χ0v) is 9.87. The van der Waals surface area contributed by atoms with Gasteiger partial charge in [0, 0.05) is 0 Å². The molecule has 4 heteroatoms. The number of furan rings is 1. The van der Waals surface area contributed by atoms with Crippen molar-refractivity contribution in [3.63, 3.8) is 0 Å². The molecule has 1 aliphatic carbocycles. The lowest BCUT2D eigenvalue weighted by molar-refractivity contribution is 0.0907. The Labute approximate surface area is 100 Å². The molecule has 0 bridgehead atoms. The molecule has 1 aromatic heterocycles. The SMILES string of the molecule is O=C(NC(Cl)C1CCCCC1)c1ccco1. The first kappa shape index (κ1) is 11.5. The van der Waals surface area contributed by atoms with Gasteiger partial charge in [0.15, 0.2) is 5.76 Å². The Morgan fingerprint density at radius 1 is 1.44 bits per heavy atom. The summed E-state index contributed by atoms with van der Waals surface area (Å²) in [4.78, 5) is 11.7. The highest BCUT2D eigenvalue weighted by Gasteiger charge is 2.24. The molecule has 3 nitrogen and oxygen atoms in total. The number of amides is 1. The Morgan fingerprint density at radius 2 is 2.19 bits per heavy atom. The van der Waals surface area contributed by atoms with Gasteiger partial charge in [-0.3, -0.25) is 4.79 Å². The van der Waals surface area contributed by atoms with Gasteiger partial charge in [-0.2, -0.15) is 0 Å². The minimum Gasteiger partial charge on any atom is -0.459 e.